The SMILES string of the molecule is Cc1ccc([N+](=O)[O-])cc1NC(=O)[C@H](Cc1c[nH]c2ccccc12)NC(=O)OCc1ccccc1. The molecule has 35 heavy (non-hydrogen) atoms. The van der Waals surface area contributed by atoms with Crippen LogP contribution in [0.2, 0.25) is 0 Å². The molecule has 9 nitrogen and oxygen atoms in total. The summed E-state index contributed by atoms with van der Waals surface area (Å²) in [4.78, 5) is 39.6. The molecule has 1 atom stereocenters. The van der Waals surface area contributed by atoms with E-state index in [1.807, 2.05) is 54.6 Å². The molecule has 0 aliphatic carbocycles. The molecule has 0 saturated carbocycles. The largest absolute Gasteiger partial charge is 0.445 e. The van der Waals surface area contributed by atoms with Crippen molar-refractivity contribution >= 4 is 34.3 Å². The van der Waals surface area contributed by atoms with Gasteiger partial charge in [-0.1, -0.05) is 54.6 Å². The molecule has 3 aromatic carbocycles. The second kappa shape index (κ2) is 10.5. The molecule has 0 bridgehead atoms. The molecule has 9 heteroatoms. The molecule has 3 N–H and O–H groups in total. The van der Waals surface area contributed by atoms with Gasteiger partial charge < -0.3 is 20.4 Å². The van der Waals surface area contributed by atoms with Gasteiger partial charge in [-0.3, -0.25) is 14.9 Å². The molecule has 0 aliphatic rings. The van der Waals surface area contributed by atoms with Gasteiger partial charge >= 0.3 is 6.09 Å². The number of para-hydroxylation sites is 1. The molecule has 0 radical (unpaired) electrons. The van der Waals surface area contributed by atoms with E-state index >= 15 is 0 Å². The van der Waals surface area contributed by atoms with Crippen molar-refractivity contribution < 1.29 is 19.2 Å². The molecule has 0 fully saturated rings. The number of hydrogen-bond acceptors (Lipinski definition) is 5. The maximum absolute atomic E-state index is 13.3. The Bertz CT molecular complexity index is 1370. The predicted molar refractivity (Wildman–Crippen MR) is 132 cm³/mol. The Morgan fingerprint density at radius 2 is 1.80 bits per heavy atom. The Hall–Kier alpha value is -4.66. The number of H-pyrrole nitrogens is 1. The topological polar surface area (TPSA) is 126 Å². The summed E-state index contributed by atoms with van der Waals surface area (Å²) in [5.74, 6) is -0.518. The number of hydrogen-bond donors (Lipinski definition) is 3. The van der Waals surface area contributed by atoms with Crippen LogP contribution in [0.15, 0.2) is 79.0 Å². The number of benzene rings is 3. The molecule has 0 unspecified atom stereocenters. The first-order valence-electron chi connectivity index (χ1n) is 11.0. The number of non-ortho nitro benzene ring substituents is 1. The minimum absolute atomic E-state index is 0.0537. The average Bonchev–Trinajstić information content (AvgIpc) is 3.27. The first kappa shape index (κ1) is 23.5. The first-order valence-corrected chi connectivity index (χ1v) is 11.0. The number of carbonyl (C=O) groups is 2. The molecular formula is C26H24N4O5. The third-order valence-corrected chi connectivity index (χ3v) is 5.61. The number of nitrogens with one attached hydrogen (secondary N) is 3. The van der Waals surface area contributed by atoms with Gasteiger partial charge in [-0.05, 0) is 29.7 Å². The fourth-order valence-corrected chi connectivity index (χ4v) is 3.71. The molecule has 0 saturated heterocycles. The summed E-state index contributed by atoms with van der Waals surface area (Å²) in [6, 6.07) is 20.1. The first-order chi connectivity index (χ1) is 16.9. The molecular weight excluding hydrogens is 448 g/mol. The van der Waals surface area contributed by atoms with Gasteiger partial charge in [0.1, 0.15) is 12.6 Å². The van der Waals surface area contributed by atoms with E-state index in [1.165, 1.54) is 12.1 Å². The lowest BCUT2D eigenvalue weighted by Gasteiger charge is -2.19. The molecule has 2 amide bonds. The minimum atomic E-state index is -0.990. The van der Waals surface area contributed by atoms with Crippen molar-refractivity contribution in [3.63, 3.8) is 0 Å². The molecule has 4 aromatic rings. The number of anilines is 1. The van der Waals surface area contributed by atoms with Gasteiger partial charge in [-0.15, -0.1) is 0 Å². The van der Waals surface area contributed by atoms with Crippen LogP contribution < -0.4 is 10.6 Å². The number of alkyl carbamates (subject to hydrolysis) is 1. The summed E-state index contributed by atoms with van der Waals surface area (Å²) in [5.41, 5.74) is 3.36. The Morgan fingerprint density at radius 1 is 1.06 bits per heavy atom. The summed E-state index contributed by atoms with van der Waals surface area (Å²) < 4.78 is 5.31. The Balaban J connectivity index is 1.54. The smallest absolute Gasteiger partial charge is 0.408 e. The Kier molecular flexibility index (Phi) is 7.06. The van der Waals surface area contributed by atoms with Crippen LogP contribution in [0, 0.1) is 17.0 Å². The van der Waals surface area contributed by atoms with Crippen molar-refractivity contribution in [2.75, 3.05) is 5.32 Å². The van der Waals surface area contributed by atoms with E-state index in [0.29, 0.717) is 11.3 Å². The Labute approximate surface area is 201 Å². The van der Waals surface area contributed by atoms with Crippen molar-refractivity contribution in [2.24, 2.45) is 0 Å². The lowest BCUT2D eigenvalue weighted by Crippen LogP contribution is -2.45. The van der Waals surface area contributed by atoms with Gasteiger partial charge in [0.05, 0.1) is 10.6 Å². The zero-order valence-corrected chi connectivity index (χ0v) is 19.0. The summed E-state index contributed by atoms with van der Waals surface area (Å²) in [6.45, 7) is 1.79. The van der Waals surface area contributed by atoms with Crippen LogP contribution in [0.5, 0.6) is 0 Å². The second-order valence-corrected chi connectivity index (χ2v) is 8.07. The van der Waals surface area contributed by atoms with Crippen LogP contribution in [0.25, 0.3) is 10.9 Å². The maximum atomic E-state index is 13.3. The quantitative estimate of drug-likeness (QED) is 0.249. The lowest BCUT2D eigenvalue weighted by atomic mass is 10.0. The number of amides is 2. The van der Waals surface area contributed by atoms with E-state index in [9.17, 15) is 19.7 Å². The van der Waals surface area contributed by atoms with Crippen LogP contribution in [-0.4, -0.2) is 27.9 Å². The molecule has 0 spiro atoms. The van der Waals surface area contributed by atoms with Crippen LogP contribution >= 0.6 is 0 Å². The van der Waals surface area contributed by atoms with Crippen LogP contribution in [-0.2, 0) is 22.6 Å². The summed E-state index contributed by atoms with van der Waals surface area (Å²) in [6.07, 6.45) is 1.23. The molecule has 0 aliphatic heterocycles. The third kappa shape index (κ3) is 5.83. The molecule has 1 heterocycles. The number of ether oxygens (including phenoxy) is 1. The average molecular weight is 473 g/mol. The van der Waals surface area contributed by atoms with Crippen LogP contribution in [0.3, 0.4) is 0 Å². The van der Waals surface area contributed by atoms with Crippen molar-refractivity contribution in [1.82, 2.24) is 10.3 Å². The van der Waals surface area contributed by atoms with E-state index < -0.39 is 23.0 Å². The van der Waals surface area contributed by atoms with Crippen molar-refractivity contribution in [2.45, 2.75) is 26.0 Å². The molecule has 4 rings (SSSR count). The molecule has 1 aromatic heterocycles. The number of aryl methyl sites for hydroxylation is 1. The minimum Gasteiger partial charge on any atom is -0.445 e. The maximum Gasteiger partial charge on any atom is 0.408 e. The number of fused-ring (bicyclic) bond motifs is 1. The van der Waals surface area contributed by atoms with E-state index in [2.05, 4.69) is 15.6 Å². The second-order valence-electron chi connectivity index (χ2n) is 8.07. The molecule has 178 valence electrons. The van der Waals surface area contributed by atoms with Gasteiger partial charge in [0, 0.05) is 35.7 Å². The third-order valence-electron chi connectivity index (χ3n) is 5.61. The summed E-state index contributed by atoms with van der Waals surface area (Å²) in [7, 11) is 0. The highest BCUT2D eigenvalue weighted by atomic mass is 16.6. The number of aromatic amines is 1. The van der Waals surface area contributed by atoms with E-state index in [0.717, 1.165) is 22.0 Å². The predicted octanol–water partition coefficient (Wildman–Crippen LogP) is 4.86. The fourth-order valence-electron chi connectivity index (χ4n) is 3.71. The van der Waals surface area contributed by atoms with E-state index in [1.54, 1.807) is 19.2 Å². The van der Waals surface area contributed by atoms with Crippen molar-refractivity contribution in [3.05, 3.63) is 106 Å². The van der Waals surface area contributed by atoms with E-state index in [4.69, 9.17) is 4.74 Å². The van der Waals surface area contributed by atoms with Gasteiger partial charge in [-0.2, -0.15) is 0 Å². The lowest BCUT2D eigenvalue weighted by molar-refractivity contribution is -0.384. The summed E-state index contributed by atoms with van der Waals surface area (Å²) in [5, 5.41) is 17.5. The number of carbonyl (C=O) groups excluding carboxylic acids is 2. The van der Waals surface area contributed by atoms with Gasteiger partial charge in [0.2, 0.25) is 5.91 Å². The number of aromatic nitrogens is 1. The highest BCUT2D eigenvalue weighted by molar-refractivity contribution is 5.98. The van der Waals surface area contributed by atoms with Crippen molar-refractivity contribution in [3.8, 4) is 0 Å². The number of nitro benzene ring substituents is 1. The normalized spacial score (nSPS) is 11.6. The van der Waals surface area contributed by atoms with Gasteiger partial charge in [0.15, 0.2) is 0 Å². The number of nitrogens with zero attached hydrogens (tertiary/aromatic N) is 1. The van der Waals surface area contributed by atoms with Crippen LogP contribution in [0.4, 0.5) is 16.2 Å². The highest BCUT2D eigenvalue weighted by Crippen LogP contribution is 2.23. The zero-order chi connectivity index (χ0) is 24.8. The fraction of sp³-hybridized carbons (Fsp3) is 0.154. The Morgan fingerprint density at radius 3 is 2.57 bits per heavy atom. The zero-order valence-electron chi connectivity index (χ0n) is 19.0. The standard InChI is InChI=1S/C26H24N4O5/c1-17-11-12-20(30(33)34)14-23(17)28-25(31)24(13-19-15-27-22-10-6-5-9-21(19)22)29-26(32)35-16-18-7-3-2-4-8-18/h2-12,14-15,24,27H,13,16H2,1H3,(H,28,31)(H,29,32)/t24-/m0/s1. The number of nitro groups is 1. The van der Waals surface area contributed by atoms with E-state index in [-0.39, 0.29) is 18.7 Å². The summed E-state index contributed by atoms with van der Waals surface area (Å²) >= 11 is 0. The van der Waals surface area contributed by atoms with Gasteiger partial charge in [0.25, 0.3) is 5.69 Å². The highest BCUT2D eigenvalue weighted by Gasteiger charge is 2.24. The van der Waals surface area contributed by atoms with Gasteiger partial charge in [-0.25, -0.2) is 4.79 Å². The monoisotopic (exact) mass is 472 g/mol. The van der Waals surface area contributed by atoms with Crippen molar-refractivity contribution in [1.29, 1.82) is 0 Å². The number of rotatable bonds is 8. The van der Waals surface area contributed by atoms with Crippen LogP contribution in [0.1, 0.15) is 16.7 Å².